The molecular formula is C19H24N2O8. The van der Waals surface area contributed by atoms with Gasteiger partial charge in [0.05, 0.1) is 12.7 Å². The zero-order valence-electron chi connectivity index (χ0n) is 16.0. The predicted molar refractivity (Wildman–Crippen MR) is 100 cm³/mol. The molecule has 5 atom stereocenters. The second kappa shape index (κ2) is 8.47. The lowest BCUT2D eigenvalue weighted by molar-refractivity contribution is -0.269. The van der Waals surface area contributed by atoms with Crippen molar-refractivity contribution < 1.29 is 39.5 Å². The van der Waals surface area contributed by atoms with Crippen LogP contribution in [0.5, 0.6) is 5.75 Å². The number of methoxy groups -OCH3 is 1. The van der Waals surface area contributed by atoms with E-state index in [1.165, 1.54) is 20.1 Å². The fourth-order valence-electron chi connectivity index (χ4n) is 3.38. The summed E-state index contributed by atoms with van der Waals surface area (Å²) >= 11 is 0. The van der Waals surface area contributed by atoms with Crippen molar-refractivity contribution in [1.29, 1.82) is 0 Å². The number of carbonyl (C=O) groups excluding carboxylic acids is 2. The number of H-pyrrole nitrogens is 1. The number of ketones is 1. The highest BCUT2D eigenvalue weighted by molar-refractivity contribution is 6.05. The van der Waals surface area contributed by atoms with Crippen molar-refractivity contribution in [3.8, 4) is 5.75 Å². The molecule has 1 amide bonds. The molecule has 1 aliphatic heterocycles. The number of fused-ring (bicyclic) bond motifs is 1. The third-order valence-electron chi connectivity index (χ3n) is 4.97. The lowest BCUT2D eigenvalue weighted by Gasteiger charge is -2.37. The quantitative estimate of drug-likeness (QED) is 0.326. The number of ether oxygens (including phenoxy) is 2. The maximum Gasteiger partial charge on any atom is 0.216 e. The van der Waals surface area contributed by atoms with Crippen LogP contribution in [0.1, 0.15) is 22.8 Å². The molecule has 10 nitrogen and oxygen atoms in total. The van der Waals surface area contributed by atoms with Gasteiger partial charge < -0.3 is 40.2 Å². The molecule has 158 valence electrons. The summed E-state index contributed by atoms with van der Waals surface area (Å²) in [6.07, 6.45) is -6.27. The number of aromatic nitrogens is 1. The van der Waals surface area contributed by atoms with Crippen molar-refractivity contribution in [3.05, 3.63) is 29.5 Å². The SMILES string of the molecule is COc1cc2c(CCNC(C)=O)c[nH]c2cc1C(=O)C1OC(O)C(O)C(O)C1O. The van der Waals surface area contributed by atoms with E-state index in [9.17, 15) is 30.0 Å². The Kier molecular flexibility index (Phi) is 6.20. The number of nitrogens with one attached hydrogen (secondary N) is 2. The van der Waals surface area contributed by atoms with E-state index in [0.717, 1.165) is 10.9 Å². The van der Waals surface area contributed by atoms with E-state index in [1.807, 2.05) is 0 Å². The molecule has 1 aromatic heterocycles. The van der Waals surface area contributed by atoms with Crippen LogP contribution < -0.4 is 10.1 Å². The van der Waals surface area contributed by atoms with Crippen LogP contribution in [0.4, 0.5) is 0 Å². The molecule has 29 heavy (non-hydrogen) atoms. The molecule has 1 saturated heterocycles. The number of carbonyl (C=O) groups is 2. The molecule has 2 aromatic rings. The number of aliphatic hydroxyl groups is 4. The molecule has 10 heteroatoms. The fourth-order valence-corrected chi connectivity index (χ4v) is 3.38. The molecule has 0 spiro atoms. The number of aromatic amines is 1. The zero-order chi connectivity index (χ0) is 21.3. The first-order chi connectivity index (χ1) is 13.7. The second-order valence-corrected chi connectivity index (χ2v) is 6.93. The van der Waals surface area contributed by atoms with Crippen LogP contribution in [0.25, 0.3) is 10.9 Å². The Morgan fingerprint density at radius 3 is 2.55 bits per heavy atom. The Morgan fingerprint density at radius 2 is 1.90 bits per heavy atom. The second-order valence-electron chi connectivity index (χ2n) is 6.93. The van der Waals surface area contributed by atoms with Crippen LogP contribution in [0.15, 0.2) is 18.3 Å². The highest BCUT2D eigenvalue weighted by atomic mass is 16.6. The molecule has 1 aliphatic rings. The Hall–Kier alpha value is -2.50. The van der Waals surface area contributed by atoms with E-state index in [2.05, 4.69) is 10.3 Å². The monoisotopic (exact) mass is 408 g/mol. The molecule has 1 fully saturated rings. The Labute approximate surface area is 166 Å². The number of rotatable bonds is 6. The van der Waals surface area contributed by atoms with E-state index < -0.39 is 36.5 Å². The third kappa shape index (κ3) is 4.11. The number of benzene rings is 1. The average molecular weight is 408 g/mol. The van der Waals surface area contributed by atoms with Gasteiger partial charge in [0.1, 0.15) is 24.1 Å². The van der Waals surface area contributed by atoms with Gasteiger partial charge in [0.25, 0.3) is 0 Å². The summed E-state index contributed by atoms with van der Waals surface area (Å²) < 4.78 is 10.4. The Morgan fingerprint density at radius 1 is 1.17 bits per heavy atom. The van der Waals surface area contributed by atoms with Crippen molar-refractivity contribution >= 4 is 22.6 Å². The Balaban J connectivity index is 1.91. The van der Waals surface area contributed by atoms with Gasteiger partial charge in [0.15, 0.2) is 18.2 Å². The molecular weight excluding hydrogens is 384 g/mol. The van der Waals surface area contributed by atoms with E-state index in [4.69, 9.17) is 9.47 Å². The van der Waals surface area contributed by atoms with Crippen molar-refractivity contribution in [2.75, 3.05) is 13.7 Å². The van der Waals surface area contributed by atoms with Crippen molar-refractivity contribution in [1.82, 2.24) is 10.3 Å². The molecule has 1 aromatic carbocycles. The Bertz CT molecular complexity index is 911. The molecule has 6 N–H and O–H groups in total. The number of hydrogen-bond acceptors (Lipinski definition) is 8. The molecule has 0 radical (unpaired) electrons. The van der Waals surface area contributed by atoms with E-state index in [1.54, 1.807) is 12.3 Å². The largest absolute Gasteiger partial charge is 0.496 e. The minimum Gasteiger partial charge on any atom is -0.496 e. The minimum atomic E-state index is -1.82. The zero-order valence-corrected chi connectivity index (χ0v) is 16.0. The minimum absolute atomic E-state index is 0.0788. The van der Waals surface area contributed by atoms with Gasteiger partial charge in [-0.15, -0.1) is 0 Å². The fraction of sp³-hybridized carbons (Fsp3) is 0.474. The van der Waals surface area contributed by atoms with Gasteiger partial charge in [-0.3, -0.25) is 9.59 Å². The number of hydrogen-bond donors (Lipinski definition) is 6. The summed E-state index contributed by atoms with van der Waals surface area (Å²) in [7, 11) is 1.38. The van der Waals surface area contributed by atoms with Crippen LogP contribution in [-0.2, 0) is 16.0 Å². The summed E-state index contributed by atoms with van der Waals surface area (Å²) in [4.78, 5) is 27.0. The van der Waals surface area contributed by atoms with Crippen molar-refractivity contribution in [2.45, 2.75) is 44.1 Å². The lowest BCUT2D eigenvalue weighted by atomic mass is 9.92. The third-order valence-corrected chi connectivity index (χ3v) is 4.97. The first kappa shape index (κ1) is 21.2. The summed E-state index contributed by atoms with van der Waals surface area (Å²) in [6, 6.07) is 3.18. The summed E-state index contributed by atoms with van der Waals surface area (Å²) in [5.41, 5.74) is 1.61. The van der Waals surface area contributed by atoms with E-state index >= 15 is 0 Å². The lowest BCUT2D eigenvalue weighted by Crippen LogP contribution is -2.59. The summed E-state index contributed by atoms with van der Waals surface area (Å²) in [5.74, 6) is -0.625. The van der Waals surface area contributed by atoms with Gasteiger partial charge in [-0.2, -0.15) is 0 Å². The summed E-state index contributed by atoms with van der Waals surface area (Å²) in [6.45, 7) is 1.89. The molecule has 5 unspecified atom stereocenters. The number of Topliss-reactive ketones (excluding diaryl/α,β-unsaturated/α-hetero) is 1. The van der Waals surface area contributed by atoms with Crippen LogP contribution in [0, 0.1) is 0 Å². The van der Waals surface area contributed by atoms with Gasteiger partial charge in [-0.05, 0) is 24.1 Å². The highest BCUT2D eigenvalue weighted by Gasteiger charge is 2.46. The van der Waals surface area contributed by atoms with Crippen LogP contribution in [-0.4, -0.2) is 81.5 Å². The molecule has 0 saturated carbocycles. The van der Waals surface area contributed by atoms with Crippen molar-refractivity contribution in [2.24, 2.45) is 0 Å². The normalized spacial score (nSPS) is 27.0. The van der Waals surface area contributed by atoms with Gasteiger partial charge in [0.2, 0.25) is 5.91 Å². The van der Waals surface area contributed by atoms with Gasteiger partial charge >= 0.3 is 0 Å². The molecule has 0 bridgehead atoms. The highest BCUT2D eigenvalue weighted by Crippen LogP contribution is 2.31. The molecule has 0 aliphatic carbocycles. The molecule has 3 rings (SSSR count). The van der Waals surface area contributed by atoms with Crippen molar-refractivity contribution in [3.63, 3.8) is 0 Å². The van der Waals surface area contributed by atoms with Gasteiger partial charge in [-0.1, -0.05) is 0 Å². The van der Waals surface area contributed by atoms with Crippen LogP contribution >= 0.6 is 0 Å². The first-order valence-electron chi connectivity index (χ1n) is 9.09. The molecule has 2 heterocycles. The predicted octanol–water partition coefficient (Wildman–Crippen LogP) is -1.16. The average Bonchev–Trinajstić information content (AvgIpc) is 3.09. The van der Waals surface area contributed by atoms with Gasteiger partial charge in [0, 0.05) is 30.6 Å². The van der Waals surface area contributed by atoms with Crippen LogP contribution in [0.3, 0.4) is 0 Å². The topological polar surface area (TPSA) is 161 Å². The number of aliphatic hydroxyl groups excluding tert-OH is 4. The first-order valence-corrected chi connectivity index (χ1v) is 9.09. The summed E-state index contributed by atoms with van der Waals surface area (Å²) in [5, 5.41) is 42.8. The smallest absolute Gasteiger partial charge is 0.216 e. The van der Waals surface area contributed by atoms with Crippen LogP contribution in [0.2, 0.25) is 0 Å². The van der Waals surface area contributed by atoms with Gasteiger partial charge in [-0.25, -0.2) is 0 Å². The number of amides is 1. The maximum absolute atomic E-state index is 13.0. The standard InChI is InChI=1S/C19H24N2O8/c1-8(22)20-4-3-9-7-21-12-5-11(13(28-2)6-10(9)12)14(23)18-16(25)15(24)17(26)19(27)29-18/h5-7,15-19,21,24-27H,3-4H2,1-2H3,(H,20,22). The van der Waals surface area contributed by atoms with E-state index in [0.29, 0.717) is 18.5 Å². The maximum atomic E-state index is 13.0. The van der Waals surface area contributed by atoms with E-state index in [-0.39, 0.29) is 17.2 Å².